The molecule has 2 aromatic carbocycles. The number of pyridine rings is 1. The first-order valence-electron chi connectivity index (χ1n) is 8.01. The Kier molecular flexibility index (Phi) is 5.39. The molecular weight excluding hydrogens is 350 g/mol. The second-order valence-electron chi connectivity index (χ2n) is 5.62. The maximum Gasteiger partial charge on any atom is 0.274 e. The number of amides is 1. The van der Waals surface area contributed by atoms with E-state index in [1.165, 1.54) is 0 Å². The Labute approximate surface area is 157 Å². The molecule has 0 unspecified atom stereocenters. The first-order valence-corrected chi connectivity index (χ1v) is 8.39. The fourth-order valence-corrected chi connectivity index (χ4v) is 2.64. The van der Waals surface area contributed by atoms with Crippen LogP contribution in [0.5, 0.6) is 5.75 Å². The van der Waals surface area contributed by atoms with Gasteiger partial charge in [0.05, 0.1) is 12.8 Å². The second kappa shape index (κ2) is 7.89. The van der Waals surface area contributed by atoms with E-state index in [4.69, 9.17) is 16.3 Å². The van der Waals surface area contributed by atoms with E-state index >= 15 is 0 Å². The van der Waals surface area contributed by atoms with Gasteiger partial charge in [0, 0.05) is 22.6 Å². The fraction of sp³-hybridized carbons (Fsp3) is 0.100. The van der Waals surface area contributed by atoms with E-state index in [1.807, 2.05) is 31.2 Å². The molecule has 3 aromatic rings. The van der Waals surface area contributed by atoms with Crippen LogP contribution in [0, 0.1) is 6.92 Å². The molecular formula is C20H18ClN3O2. The van der Waals surface area contributed by atoms with Gasteiger partial charge in [-0.1, -0.05) is 29.8 Å². The summed E-state index contributed by atoms with van der Waals surface area (Å²) in [4.78, 5) is 16.7. The Morgan fingerprint density at radius 2 is 1.85 bits per heavy atom. The van der Waals surface area contributed by atoms with Crippen molar-refractivity contribution in [2.45, 2.75) is 6.92 Å². The maximum atomic E-state index is 12.5. The number of halogens is 1. The lowest BCUT2D eigenvalue weighted by Gasteiger charge is -2.12. The van der Waals surface area contributed by atoms with Crippen LogP contribution in [0.3, 0.4) is 0 Å². The van der Waals surface area contributed by atoms with Gasteiger partial charge in [-0.15, -0.1) is 0 Å². The van der Waals surface area contributed by atoms with E-state index in [9.17, 15) is 4.79 Å². The summed E-state index contributed by atoms with van der Waals surface area (Å²) < 4.78 is 5.33. The van der Waals surface area contributed by atoms with Gasteiger partial charge >= 0.3 is 0 Å². The fourth-order valence-electron chi connectivity index (χ4n) is 2.47. The standard InChI is InChI=1S/C20H18ClN3O2/c1-13-15(21)6-5-8-16(13)24-20(25)18-12-14(10-11-22-18)23-17-7-3-4-9-19(17)26-2/h3-12H,1-2H3,(H,22,23)(H,24,25). The number of benzene rings is 2. The van der Waals surface area contributed by atoms with E-state index < -0.39 is 0 Å². The van der Waals surface area contributed by atoms with Crippen LogP contribution in [-0.2, 0) is 0 Å². The Hall–Kier alpha value is -3.05. The number of carbonyl (C=O) groups is 1. The molecule has 3 rings (SSSR count). The Balaban J connectivity index is 1.80. The van der Waals surface area contributed by atoms with Crippen LogP contribution in [0.25, 0.3) is 0 Å². The van der Waals surface area contributed by atoms with Gasteiger partial charge in [0.1, 0.15) is 11.4 Å². The first kappa shape index (κ1) is 17.8. The lowest BCUT2D eigenvalue weighted by Crippen LogP contribution is -2.14. The predicted octanol–water partition coefficient (Wildman–Crippen LogP) is 5.05. The van der Waals surface area contributed by atoms with Crippen molar-refractivity contribution in [1.29, 1.82) is 0 Å². The molecule has 0 bridgehead atoms. The summed E-state index contributed by atoms with van der Waals surface area (Å²) >= 11 is 6.10. The van der Waals surface area contributed by atoms with E-state index in [2.05, 4.69) is 15.6 Å². The van der Waals surface area contributed by atoms with Crippen molar-refractivity contribution in [2.75, 3.05) is 17.7 Å². The monoisotopic (exact) mass is 367 g/mol. The smallest absolute Gasteiger partial charge is 0.274 e. The summed E-state index contributed by atoms with van der Waals surface area (Å²) in [6.07, 6.45) is 1.58. The Morgan fingerprint density at radius 1 is 1.08 bits per heavy atom. The van der Waals surface area contributed by atoms with Crippen molar-refractivity contribution in [2.24, 2.45) is 0 Å². The van der Waals surface area contributed by atoms with Crippen molar-refractivity contribution in [1.82, 2.24) is 4.98 Å². The number of rotatable bonds is 5. The molecule has 0 saturated heterocycles. The van der Waals surface area contributed by atoms with E-state index in [0.29, 0.717) is 22.2 Å². The number of hydrogen-bond donors (Lipinski definition) is 2. The van der Waals surface area contributed by atoms with Gasteiger partial charge in [-0.3, -0.25) is 9.78 Å². The quantitative estimate of drug-likeness (QED) is 0.662. The topological polar surface area (TPSA) is 63.2 Å². The largest absolute Gasteiger partial charge is 0.495 e. The van der Waals surface area contributed by atoms with Crippen molar-refractivity contribution in [3.05, 3.63) is 77.1 Å². The van der Waals surface area contributed by atoms with Gasteiger partial charge in [0.2, 0.25) is 0 Å². The minimum absolute atomic E-state index is 0.296. The van der Waals surface area contributed by atoms with Gasteiger partial charge < -0.3 is 15.4 Å². The number of para-hydroxylation sites is 2. The number of ether oxygens (including phenoxy) is 1. The van der Waals surface area contributed by atoms with Crippen LogP contribution in [0.15, 0.2) is 60.8 Å². The van der Waals surface area contributed by atoms with Crippen molar-refractivity contribution >= 4 is 34.6 Å². The van der Waals surface area contributed by atoms with Crippen LogP contribution in [0.2, 0.25) is 5.02 Å². The van der Waals surface area contributed by atoms with E-state index in [1.54, 1.807) is 43.6 Å². The van der Waals surface area contributed by atoms with E-state index in [0.717, 1.165) is 16.9 Å². The van der Waals surface area contributed by atoms with Crippen LogP contribution in [0.1, 0.15) is 16.1 Å². The van der Waals surface area contributed by atoms with Gasteiger partial charge in [-0.25, -0.2) is 0 Å². The van der Waals surface area contributed by atoms with Crippen molar-refractivity contribution in [3.63, 3.8) is 0 Å². The molecule has 0 saturated carbocycles. The molecule has 1 aromatic heterocycles. The highest BCUT2D eigenvalue weighted by atomic mass is 35.5. The zero-order valence-electron chi connectivity index (χ0n) is 14.4. The average Bonchev–Trinajstić information content (AvgIpc) is 2.66. The second-order valence-corrected chi connectivity index (χ2v) is 6.03. The van der Waals surface area contributed by atoms with Crippen LogP contribution < -0.4 is 15.4 Å². The highest BCUT2D eigenvalue weighted by Crippen LogP contribution is 2.27. The molecule has 0 atom stereocenters. The van der Waals surface area contributed by atoms with Crippen molar-refractivity contribution in [3.8, 4) is 5.75 Å². The van der Waals surface area contributed by atoms with E-state index in [-0.39, 0.29) is 5.91 Å². The van der Waals surface area contributed by atoms with Gasteiger partial charge in [-0.2, -0.15) is 0 Å². The van der Waals surface area contributed by atoms with Gasteiger partial charge in [-0.05, 0) is 48.9 Å². The third-order valence-electron chi connectivity index (χ3n) is 3.89. The summed E-state index contributed by atoms with van der Waals surface area (Å²) in [7, 11) is 1.61. The minimum atomic E-state index is -0.306. The molecule has 0 fully saturated rings. The Morgan fingerprint density at radius 3 is 2.65 bits per heavy atom. The van der Waals surface area contributed by atoms with Crippen molar-refractivity contribution < 1.29 is 9.53 Å². The molecule has 26 heavy (non-hydrogen) atoms. The normalized spacial score (nSPS) is 10.3. The predicted molar refractivity (Wildman–Crippen MR) is 105 cm³/mol. The zero-order chi connectivity index (χ0) is 18.5. The number of carbonyl (C=O) groups excluding carboxylic acids is 1. The summed E-state index contributed by atoms with van der Waals surface area (Å²) in [6.45, 7) is 1.85. The highest BCUT2D eigenvalue weighted by Gasteiger charge is 2.11. The molecule has 1 heterocycles. The average molecular weight is 368 g/mol. The summed E-state index contributed by atoms with van der Waals surface area (Å²) in [5.74, 6) is 0.406. The third kappa shape index (κ3) is 3.95. The molecule has 1 amide bonds. The molecule has 0 aliphatic carbocycles. The zero-order valence-corrected chi connectivity index (χ0v) is 15.2. The number of nitrogens with one attached hydrogen (secondary N) is 2. The number of nitrogens with zero attached hydrogens (tertiary/aromatic N) is 1. The number of anilines is 3. The van der Waals surface area contributed by atoms with Gasteiger partial charge in [0.15, 0.2) is 0 Å². The molecule has 6 heteroatoms. The molecule has 0 radical (unpaired) electrons. The first-order chi connectivity index (χ1) is 12.6. The minimum Gasteiger partial charge on any atom is -0.495 e. The molecule has 0 spiro atoms. The third-order valence-corrected chi connectivity index (χ3v) is 4.30. The number of aromatic nitrogens is 1. The maximum absolute atomic E-state index is 12.5. The Bertz CT molecular complexity index is 944. The molecule has 132 valence electrons. The van der Waals surface area contributed by atoms with Crippen LogP contribution >= 0.6 is 11.6 Å². The molecule has 2 N–H and O–H groups in total. The molecule has 0 aliphatic rings. The lowest BCUT2D eigenvalue weighted by atomic mass is 10.2. The molecule has 0 aliphatic heterocycles. The summed E-state index contributed by atoms with van der Waals surface area (Å²) in [5, 5.41) is 6.68. The highest BCUT2D eigenvalue weighted by molar-refractivity contribution is 6.31. The summed E-state index contributed by atoms with van der Waals surface area (Å²) in [5.41, 5.74) is 3.30. The SMILES string of the molecule is COc1ccccc1Nc1ccnc(C(=O)Nc2cccc(Cl)c2C)c1. The number of methoxy groups -OCH3 is 1. The lowest BCUT2D eigenvalue weighted by molar-refractivity contribution is 0.102. The van der Waals surface area contributed by atoms with Crippen LogP contribution in [0.4, 0.5) is 17.1 Å². The number of hydrogen-bond acceptors (Lipinski definition) is 4. The van der Waals surface area contributed by atoms with Crippen LogP contribution in [-0.4, -0.2) is 18.0 Å². The molecule has 5 nitrogen and oxygen atoms in total. The van der Waals surface area contributed by atoms with Gasteiger partial charge in [0.25, 0.3) is 5.91 Å². The summed E-state index contributed by atoms with van der Waals surface area (Å²) in [6, 6.07) is 16.4.